The van der Waals surface area contributed by atoms with Crippen molar-refractivity contribution in [3.63, 3.8) is 0 Å². The van der Waals surface area contributed by atoms with E-state index in [4.69, 9.17) is 4.74 Å². The fourth-order valence-corrected chi connectivity index (χ4v) is 4.33. The Morgan fingerprint density at radius 2 is 1.72 bits per heavy atom. The first-order chi connectivity index (χ1) is 13.8. The zero-order valence-electron chi connectivity index (χ0n) is 17.3. The Balaban J connectivity index is 1.64. The molecule has 2 aromatic rings. The molecule has 3 rings (SSSR count). The van der Waals surface area contributed by atoms with E-state index in [2.05, 4.69) is 17.4 Å². The van der Waals surface area contributed by atoms with Crippen molar-refractivity contribution in [1.82, 2.24) is 5.32 Å². The van der Waals surface area contributed by atoms with Crippen LogP contribution in [0.4, 0.5) is 0 Å². The van der Waals surface area contributed by atoms with Crippen molar-refractivity contribution in [3.05, 3.63) is 59.2 Å². The summed E-state index contributed by atoms with van der Waals surface area (Å²) in [4.78, 5) is 12.9. The summed E-state index contributed by atoms with van der Waals surface area (Å²) >= 11 is 0. The Kier molecular flexibility index (Phi) is 6.63. The number of hydrogen-bond donors (Lipinski definition) is 1. The van der Waals surface area contributed by atoms with E-state index in [0.29, 0.717) is 6.42 Å². The monoisotopic (exact) mass is 415 g/mol. The van der Waals surface area contributed by atoms with Crippen molar-refractivity contribution in [2.24, 2.45) is 0 Å². The highest BCUT2D eigenvalue weighted by Gasteiger charge is 2.20. The Hall–Kier alpha value is -2.34. The molecular formula is C23H29NO4S. The van der Waals surface area contributed by atoms with Crippen molar-refractivity contribution in [2.75, 3.05) is 6.26 Å². The van der Waals surface area contributed by atoms with Gasteiger partial charge in [-0.1, -0.05) is 25.1 Å². The number of amides is 1. The topological polar surface area (TPSA) is 72.5 Å². The number of sulfone groups is 1. The Labute approximate surface area is 173 Å². The molecule has 156 valence electrons. The van der Waals surface area contributed by atoms with Gasteiger partial charge in [-0.15, -0.1) is 0 Å². The van der Waals surface area contributed by atoms with Crippen molar-refractivity contribution in [2.45, 2.75) is 63.0 Å². The molecule has 0 saturated carbocycles. The summed E-state index contributed by atoms with van der Waals surface area (Å²) in [5.41, 5.74) is 3.57. The van der Waals surface area contributed by atoms with Gasteiger partial charge in [0.1, 0.15) is 5.75 Å². The van der Waals surface area contributed by atoms with Gasteiger partial charge in [0.2, 0.25) is 0 Å². The van der Waals surface area contributed by atoms with E-state index in [1.165, 1.54) is 30.2 Å². The molecule has 0 radical (unpaired) electrons. The van der Waals surface area contributed by atoms with Crippen LogP contribution in [-0.4, -0.2) is 26.7 Å². The van der Waals surface area contributed by atoms with Crippen LogP contribution in [0.1, 0.15) is 55.8 Å². The summed E-state index contributed by atoms with van der Waals surface area (Å²) in [7, 11) is -3.24. The summed E-state index contributed by atoms with van der Waals surface area (Å²) < 4.78 is 29.2. The molecule has 0 spiro atoms. The second-order valence-electron chi connectivity index (χ2n) is 7.71. The maximum absolute atomic E-state index is 12.7. The Morgan fingerprint density at radius 1 is 1.07 bits per heavy atom. The molecule has 2 atom stereocenters. The number of aryl methyl sites for hydroxylation is 2. The van der Waals surface area contributed by atoms with Gasteiger partial charge in [-0.2, -0.15) is 0 Å². The second-order valence-corrected chi connectivity index (χ2v) is 9.72. The van der Waals surface area contributed by atoms with E-state index in [1.54, 1.807) is 31.2 Å². The normalized spacial score (nSPS) is 15.8. The zero-order chi connectivity index (χ0) is 21.0. The highest BCUT2D eigenvalue weighted by Crippen LogP contribution is 2.26. The number of carbonyl (C=O) groups excluding carboxylic acids is 1. The molecule has 0 bridgehead atoms. The van der Waals surface area contributed by atoms with Crippen molar-refractivity contribution in [1.29, 1.82) is 0 Å². The highest BCUT2D eigenvalue weighted by atomic mass is 32.2. The van der Waals surface area contributed by atoms with Crippen molar-refractivity contribution in [3.8, 4) is 5.75 Å². The van der Waals surface area contributed by atoms with Crippen LogP contribution in [0.2, 0.25) is 0 Å². The van der Waals surface area contributed by atoms with Gasteiger partial charge in [0.15, 0.2) is 15.9 Å². The molecule has 0 aromatic heterocycles. The fourth-order valence-electron chi connectivity index (χ4n) is 3.70. The number of rotatable bonds is 7. The average molecular weight is 416 g/mol. The summed E-state index contributed by atoms with van der Waals surface area (Å²) in [5, 5.41) is 3.01. The van der Waals surface area contributed by atoms with E-state index < -0.39 is 15.9 Å². The number of nitrogens with one attached hydrogen (secondary N) is 1. The fraction of sp³-hybridized carbons (Fsp3) is 0.435. The van der Waals surface area contributed by atoms with E-state index in [0.717, 1.165) is 24.2 Å². The zero-order valence-corrected chi connectivity index (χ0v) is 18.1. The lowest BCUT2D eigenvalue weighted by Crippen LogP contribution is -2.38. The number of hydrogen-bond acceptors (Lipinski definition) is 4. The Morgan fingerprint density at radius 3 is 2.34 bits per heavy atom. The van der Waals surface area contributed by atoms with Crippen LogP contribution in [-0.2, 0) is 27.5 Å². The molecular weight excluding hydrogens is 386 g/mol. The third kappa shape index (κ3) is 5.38. The molecule has 0 heterocycles. The molecule has 0 fully saturated rings. The summed E-state index contributed by atoms with van der Waals surface area (Å²) in [6, 6.07) is 12.5. The van der Waals surface area contributed by atoms with Crippen LogP contribution in [0.15, 0.2) is 47.4 Å². The lowest BCUT2D eigenvalue weighted by Gasteiger charge is -2.22. The molecule has 6 heteroatoms. The molecule has 0 unspecified atom stereocenters. The van der Waals surface area contributed by atoms with E-state index in [1.807, 2.05) is 13.0 Å². The van der Waals surface area contributed by atoms with E-state index >= 15 is 0 Å². The number of fused-ring (bicyclic) bond motifs is 1. The van der Waals surface area contributed by atoms with Gasteiger partial charge in [-0.25, -0.2) is 8.42 Å². The molecule has 1 aliphatic carbocycles. The van der Waals surface area contributed by atoms with Gasteiger partial charge in [0.05, 0.1) is 10.9 Å². The summed E-state index contributed by atoms with van der Waals surface area (Å²) in [6.07, 6.45) is 5.85. The number of ether oxygens (including phenoxy) is 1. The number of benzene rings is 2. The summed E-state index contributed by atoms with van der Waals surface area (Å²) in [6.45, 7) is 3.72. The largest absolute Gasteiger partial charge is 0.481 e. The third-order valence-corrected chi connectivity index (χ3v) is 6.57. The van der Waals surface area contributed by atoms with Gasteiger partial charge < -0.3 is 10.1 Å². The quantitative estimate of drug-likeness (QED) is 0.742. The van der Waals surface area contributed by atoms with Crippen molar-refractivity contribution < 1.29 is 17.9 Å². The minimum Gasteiger partial charge on any atom is -0.481 e. The minimum absolute atomic E-state index is 0.193. The molecule has 2 aromatic carbocycles. The van der Waals surface area contributed by atoms with Crippen LogP contribution in [0.25, 0.3) is 0 Å². The lowest BCUT2D eigenvalue weighted by molar-refractivity contribution is -0.128. The predicted octanol–water partition coefficient (Wildman–Crippen LogP) is 4.00. The molecule has 0 aliphatic heterocycles. The van der Waals surface area contributed by atoms with Gasteiger partial charge >= 0.3 is 0 Å². The van der Waals surface area contributed by atoms with Gasteiger partial charge in [0, 0.05) is 6.26 Å². The average Bonchev–Trinajstić information content (AvgIpc) is 2.71. The molecule has 1 amide bonds. The minimum atomic E-state index is -3.24. The molecule has 5 nitrogen and oxygen atoms in total. The molecule has 29 heavy (non-hydrogen) atoms. The van der Waals surface area contributed by atoms with Crippen LogP contribution in [0.5, 0.6) is 5.75 Å². The van der Waals surface area contributed by atoms with E-state index in [-0.39, 0.29) is 16.8 Å². The van der Waals surface area contributed by atoms with Gasteiger partial charge in [-0.05, 0) is 80.0 Å². The lowest BCUT2D eigenvalue weighted by atomic mass is 9.92. The van der Waals surface area contributed by atoms with Crippen LogP contribution >= 0.6 is 0 Å². The molecule has 1 aliphatic rings. The summed E-state index contributed by atoms with van der Waals surface area (Å²) in [5.74, 6) is 0.528. The van der Waals surface area contributed by atoms with Gasteiger partial charge in [0.25, 0.3) is 5.91 Å². The van der Waals surface area contributed by atoms with Gasteiger partial charge in [-0.3, -0.25) is 4.79 Å². The Bertz CT molecular complexity index is 967. The first-order valence-electron chi connectivity index (χ1n) is 10.2. The maximum atomic E-state index is 12.7. The molecule has 0 saturated heterocycles. The molecule has 1 N–H and O–H groups in total. The first-order valence-corrected chi connectivity index (χ1v) is 12.1. The smallest absolute Gasteiger partial charge is 0.261 e. The highest BCUT2D eigenvalue weighted by molar-refractivity contribution is 7.90. The predicted molar refractivity (Wildman–Crippen MR) is 114 cm³/mol. The second kappa shape index (κ2) is 8.99. The van der Waals surface area contributed by atoms with Crippen LogP contribution in [0.3, 0.4) is 0 Å². The first kappa shape index (κ1) is 21.4. The maximum Gasteiger partial charge on any atom is 0.261 e. The van der Waals surface area contributed by atoms with E-state index in [9.17, 15) is 13.2 Å². The van der Waals surface area contributed by atoms with Crippen molar-refractivity contribution >= 4 is 15.7 Å². The van der Waals surface area contributed by atoms with Crippen LogP contribution in [0, 0.1) is 0 Å². The standard InChI is InChI=1S/C23H29NO4S/c1-4-22(18-10-13-21(14-11-18)29(3,26)27)24-23(25)16(2)28-20-12-9-17-7-5-6-8-19(17)15-20/h9-16,22H,4-8H2,1-3H3,(H,24,25)/t16-,22-/m0/s1. The third-order valence-electron chi connectivity index (χ3n) is 5.44. The number of carbonyl (C=O) groups is 1. The van der Waals surface area contributed by atoms with Crippen LogP contribution < -0.4 is 10.1 Å². The SMILES string of the molecule is CC[C@H](NC(=O)[C@H](C)Oc1ccc2c(c1)CCCC2)c1ccc(S(C)(=O)=O)cc1.